The maximum Gasteiger partial charge on any atom is 0.270 e. The Kier molecular flexibility index (Phi) is 6.56. The Morgan fingerprint density at radius 1 is 1.30 bits per heavy atom. The van der Waals surface area contributed by atoms with E-state index in [1.807, 2.05) is 0 Å². The average Bonchev–Trinajstić information content (AvgIpc) is 2.69. The number of alkyl halides is 2. The molecule has 1 aliphatic heterocycles. The summed E-state index contributed by atoms with van der Waals surface area (Å²) in [6.07, 6.45) is -1.46. The molecule has 7 nitrogen and oxygen atoms in total. The summed E-state index contributed by atoms with van der Waals surface area (Å²) >= 11 is 0. The summed E-state index contributed by atoms with van der Waals surface area (Å²) in [7, 11) is 1.44. The van der Waals surface area contributed by atoms with Crippen LogP contribution in [0.1, 0.15) is 46.6 Å². The standard InChI is InChI=1S/C20H22F3N5O2/c1-10(13-4-3-5-14(16(13)21)18(22)23)27-19(24)15-6-11(28-12-8-30-9-12)7-26-17(15)20(29)25-2/h3-7,10,12,18,28H,8-9H2,1-2H3,(H2,24,27)(H,25,29)/t10-/m1/s1. The highest BCUT2D eigenvalue weighted by Crippen LogP contribution is 2.27. The number of rotatable bonds is 7. The molecule has 1 aliphatic rings. The zero-order valence-corrected chi connectivity index (χ0v) is 16.4. The number of aromatic nitrogens is 1. The van der Waals surface area contributed by atoms with Crippen LogP contribution < -0.4 is 16.0 Å². The molecule has 0 aliphatic carbocycles. The van der Waals surface area contributed by atoms with E-state index in [9.17, 15) is 18.0 Å². The zero-order valence-electron chi connectivity index (χ0n) is 16.4. The Hall–Kier alpha value is -3.14. The number of amides is 1. The maximum absolute atomic E-state index is 14.5. The number of ether oxygens (including phenoxy) is 1. The van der Waals surface area contributed by atoms with Crippen molar-refractivity contribution in [1.29, 1.82) is 5.41 Å². The van der Waals surface area contributed by atoms with Crippen LogP contribution in [0.15, 0.2) is 30.5 Å². The SMILES string of the molecule is CNC(=O)c1ncc(NC2COC2)cc1C(=N)N[C@H](C)c1cccc(C(F)F)c1F. The molecule has 1 amide bonds. The fourth-order valence-electron chi connectivity index (χ4n) is 3.03. The molecule has 0 radical (unpaired) electrons. The molecule has 1 saturated heterocycles. The van der Waals surface area contributed by atoms with E-state index in [0.29, 0.717) is 18.9 Å². The lowest BCUT2D eigenvalue weighted by Gasteiger charge is -2.28. The Morgan fingerprint density at radius 2 is 2.00 bits per heavy atom. The predicted molar refractivity (Wildman–Crippen MR) is 106 cm³/mol. The van der Waals surface area contributed by atoms with Crippen molar-refractivity contribution in [2.24, 2.45) is 0 Å². The highest BCUT2D eigenvalue weighted by atomic mass is 19.3. The Balaban J connectivity index is 1.86. The van der Waals surface area contributed by atoms with Crippen molar-refractivity contribution in [3.8, 4) is 0 Å². The minimum atomic E-state index is -2.95. The molecule has 1 fully saturated rings. The van der Waals surface area contributed by atoms with Crippen LogP contribution in [0.2, 0.25) is 0 Å². The third-order valence-electron chi connectivity index (χ3n) is 4.73. The van der Waals surface area contributed by atoms with Gasteiger partial charge in [-0.2, -0.15) is 0 Å². The van der Waals surface area contributed by atoms with Gasteiger partial charge in [-0.25, -0.2) is 18.2 Å². The first kappa shape index (κ1) is 21.6. The van der Waals surface area contributed by atoms with Crippen molar-refractivity contribution in [3.05, 3.63) is 58.7 Å². The third-order valence-corrected chi connectivity index (χ3v) is 4.73. The number of pyridine rings is 1. The van der Waals surface area contributed by atoms with Gasteiger partial charge in [0.25, 0.3) is 12.3 Å². The first-order valence-corrected chi connectivity index (χ1v) is 9.30. The van der Waals surface area contributed by atoms with Gasteiger partial charge in [0.2, 0.25) is 0 Å². The van der Waals surface area contributed by atoms with Crippen LogP contribution in [0.4, 0.5) is 18.9 Å². The number of hydrogen-bond donors (Lipinski definition) is 4. The third kappa shape index (κ3) is 4.54. The number of amidine groups is 1. The van der Waals surface area contributed by atoms with Crippen molar-refractivity contribution in [3.63, 3.8) is 0 Å². The monoisotopic (exact) mass is 421 g/mol. The van der Waals surface area contributed by atoms with E-state index in [4.69, 9.17) is 10.1 Å². The molecule has 1 atom stereocenters. The number of carbonyl (C=O) groups excluding carboxylic acids is 1. The average molecular weight is 421 g/mol. The van der Waals surface area contributed by atoms with Crippen LogP contribution in [0.5, 0.6) is 0 Å². The van der Waals surface area contributed by atoms with Gasteiger partial charge >= 0.3 is 0 Å². The number of carbonyl (C=O) groups is 1. The Bertz CT molecular complexity index is 950. The summed E-state index contributed by atoms with van der Waals surface area (Å²) in [5.74, 6) is -1.71. The van der Waals surface area contributed by atoms with Crippen LogP contribution >= 0.6 is 0 Å². The van der Waals surface area contributed by atoms with E-state index >= 15 is 0 Å². The van der Waals surface area contributed by atoms with Crippen molar-refractivity contribution >= 4 is 17.4 Å². The lowest BCUT2D eigenvalue weighted by Crippen LogP contribution is -2.40. The molecular weight excluding hydrogens is 399 g/mol. The largest absolute Gasteiger partial charge is 0.377 e. The van der Waals surface area contributed by atoms with Crippen LogP contribution in [0, 0.1) is 11.2 Å². The van der Waals surface area contributed by atoms with Crippen LogP contribution in [0.3, 0.4) is 0 Å². The maximum atomic E-state index is 14.5. The lowest BCUT2D eigenvalue weighted by atomic mass is 10.0. The fraction of sp³-hybridized carbons (Fsp3) is 0.350. The molecule has 3 rings (SSSR count). The molecule has 160 valence electrons. The van der Waals surface area contributed by atoms with Gasteiger partial charge in [0, 0.05) is 18.2 Å². The lowest BCUT2D eigenvalue weighted by molar-refractivity contribution is 0.0211. The van der Waals surface area contributed by atoms with Gasteiger partial charge in [-0.15, -0.1) is 0 Å². The molecule has 2 heterocycles. The molecule has 4 N–H and O–H groups in total. The summed E-state index contributed by atoms with van der Waals surface area (Å²) in [6.45, 7) is 2.63. The second kappa shape index (κ2) is 9.12. The normalized spacial score (nSPS) is 14.7. The molecule has 10 heteroatoms. The molecule has 1 aromatic heterocycles. The quantitative estimate of drug-likeness (QED) is 0.407. The van der Waals surface area contributed by atoms with E-state index in [1.165, 1.54) is 25.4 Å². The predicted octanol–water partition coefficient (Wildman–Crippen LogP) is 3.00. The molecular formula is C20H22F3N5O2. The number of halogens is 3. The van der Waals surface area contributed by atoms with Crippen LogP contribution in [0.25, 0.3) is 0 Å². The van der Waals surface area contributed by atoms with Gasteiger partial charge < -0.3 is 20.7 Å². The molecule has 30 heavy (non-hydrogen) atoms. The number of nitrogens with one attached hydrogen (secondary N) is 4. The van der Waals surface area contributed by atoms with Gasteiger partial charge in [-0.05, 0) is 13.0 Å². The zero-order chi connectivity index (χ0) is 21.8. The molecule has 0 saturated carbocycles. The summed E-state index contributed by atoms with van der Waals surface area (Å²) in [5, 5.41) is 16.8. The Morgan fingerprint density at radius 3 is 2.60 bits per heavy atom. The number of anilines is 1. The van der Waals surface area contributed by atoms with Gasteiger partial charge in [-0.3, -0.25) is 10.2 Å². The summed E-state index contributed by atoms with van der Waals surface area (Å²) in [4.78, 5) is 16.3. The summed E-state index contributed by atoms with van der Waals surface area (Å²) < 4.78 is 45.5. The van der Waals surface area contributed by atoms with Gasteiger partial charge in [0.15, 0.2) is 0 Å². The van der Waals surface area contributed by atoms with Gasteiger partial charge in [-0.1, -0.05) is 18.2 Å². The highest BCUT2D eigenvalue weighted by Gasteiger charge is 2.23. The van der Waals surface area contributed by atoms with Crippen molar-refractivity contribution < 1.29 is 22.7 Å². The second-order valence-electron chi connectivity index (χ2n) is 6.87. The van der Waals surface area contributed by atoms with Crippen molar-refractivity contribution in [2.45, 2.75) is 25.4 Å². The number of benzene rings is 1. The number of nitrogens with zero attached hydrogens (tertiary/aromatic N) is 1. The topological polar surface area (TPSA) is 99.1 Å². The first-order chi connectivity index (χ1) is 14.3. The summed E-state index contributed by atoms with van der Waals surface area (Å²) in [5.41, 5.74) is 0.0921. The highest BCUT2D eigenvalue weighted by molar-refractivity contribution is 6.07. The van der Waals surface area contributed by atoms with E-state index in [0.717, 1.165) is 6.07 Å². The van der Waals surface area contributed by atoms with E-state index in [-0.39, 0.29) is 28.7 Å². The van der Waals surface area contributed by atoms with Crippen molar-refractivity contribution in [1.82, 2.24) is 15.6 Å². The second-order valence-corrected chi connectivity index (χ2v) is 6.87. The fourth-order valence-corrected chi connectivity index (χ4v) is 3.03. The number of hydrogen-bond acceptors (Lipinski definition) is 5. The van der Waals surface area contributed by atoms with E-state index < -0.39 is 29.8 Å². The molecule has 0 bridgehead atoms. The molecule has 0 spiro atoms. The minimum absolute atomic E-state index is 0.00658. The minimum Gasteiger partial charge on any atom is -0.377 e. The Labute approximate surface area is 171 Å². The van der Waals surface area contributed by atoms with Crippen molar-refractivity contribution in [2.75, 3.05) is 25.6 Å². The van der Waals surface area contributed by atoms with Gasteiger partial charge in [0.1, 0.15) is 17.3 Å². The van der Waals surface area contributed by atoms with Crippen LogP contribution in [-0.2, 0) is 4.74 Å². The van der Waals surface area contributed by atoms with E-state index in [1.54, 1.807) is 13.0 Å². The van der Waals surface area contributed by atoms with Crippen LogP contribution in [-0.4, -0.2) is 43.0 Å². The first-order valence-electron chi connectivity index (χ1n) is 9.30. The molecule has 0 unspecified atom stereocenters. The van der Waals surface area contributed by atoms with Gasteiger partial charge in [0.05, 0.1) is 42.7 Å². The molecule has 1 aromatic carbocycles. The smallest absolute Gasteiger partial charge is 0.270 e. The molecule has 2 aromatic rings. The van der Waals surface area contributed by atoms with E-state index in [2.05, 4.69) is 20.9 Å². The summed E-state index contributed by atoms with van der Waals surface area (Å²) in [6, 6.07) is 4.63.